The Balaban J connectivity index is 1.54. The molecular formula is C33H38N4O5. The van der Waals surface area contributed by atoms with Crippen molar-refractivity contribution >= 4 is 23.7 Å². The van der Waals surface area contributed by atoms with Crippen LogP contribution in [0, 0.1) is 0 Å². The molecule has 0 saturated carbocycles. The number of benzene rings is 3. The second-order valence-corrected chi connectivity index (χ2v) is 10.4. The molecule has 1 aliphatic rings. The molecule has 3 amide bonds. The molecule has 220 valence electrons. The van der Waals surface area contributed by atoms with Gasteiger partial charge in [0.2, 0.25) is 17.7 Å². The zero-order valence-electron chi connectivity index (χ0n) is 23.8. The molecule has 3 aromatic carbocycles. The number of nitrogens with one attached hydrogen (secondary N) is 4. The molecule has 1 fully saturated rings. The van der Waals surface area contributed by atoms with Gasteiger partial charge < -0.3 is 26.0 Å². The standard InChI is InChI=1S/C33H38N4O5/c1-42-33(41)29(22-25-16-9-4-10-17-25)37-32(40)28(21-24-14-7-3-8-15-24)36-31(39)27(20-23-12-5-2-6-13-23)35-30(38)26-18-11-19-34-26/h2-10,12-17,26-29,34H,11,18-22H2,1H3,(H,35,38)(H,36,39)(H,37,40)/t26-,27-,28-,29-/m0/s1. The molecule has 1 saturated heterocycles. The molecule has 0 aliphatic carbocycles. The molecule has 0 unspecified atom stereocenters. The Bertz CT molecular complexity index is 1310. The van der Waals surface area contributed by atoms with Crippen LogP contribution in [0.3, 0.4) is 0 Å². The average molecular weight is 571 g/mol. The molecule has 0 radical (unpaired) electrons. The van der Waals surface area contributed by atoms with Crippen LogP contribution in [0.1, 0.15) is 29.5 Å². The summed E-state index contributed by atoms with van der Waals surface area (Å²) in [7, 11) is 1.27. The van der Waals surface area contributed by atoms with Crippen molar-refractivity contribution < 1.29 is 23.9 Å². The predicted octanol–water partition coefficient (Wildman–Crippen LogP) is 2.09. The predicted molar refractivity (Wildman–Crippen MR) is 159 cm³/mol. The van der Waals surface area contributed by atoms with E-state index in [4.69, 9.17) is 4.74 Å². The summed E-state index contributed by atoms with van der Waals surface area (Å²) in [5.74, 6) is -1.85. The second kappa shape index (κ2) is 15.5. The van der Waals surface area contributed by atoms with Crippen LogP contribution in [0.5, 0.6) is 0 Å². The van der Waals surface area contributed by atoms with Crippen molar-refractivity contribution in [1.29, 1.82) is 0 Å². The van der Waals surface area contributed by atoms with Crippen molar-refractivity contribution in [3.05, 3.63) is 108 Å². The van der Waals surface area contributed by atoms with E-state index in [9.17, 15) is 19.2 Å². The van der Waals surface area contributed by atoms with Gasteiger partial charge in [-0.3, -0.25) is 14.4 Å². The maximum absolute atomic E-state index is 13.8. The van der Waals surface area contributed by atoms with Gasteiger partial charge in [-0.15, -0.1) is 0 Å². The fourth-order valence-corrected chi connectivity index (χ4v) is 5.03. The first-order chi connectivity index (χ1) is 20.4. The van der Waals surface area contributed by atoms with Gasteiger partial charge in [-0.2, -0.15) is 0 Å². The number of esters is 1. The Morgan fingerprint density at radius 1 is 0.690 bits per heavy atom. The van der Waals surface area contributed by atoms with Crippen LogP contribution < -0.4 is 21.3 Å². The number of carbonyl (C=O) groups excluding carboxylic acids is 4. The summed E-state index contributed by atoms with van der Waals surface area (Å²) in [5.41, 5.74) is 2.55. The van der Waals surface area contributed by atoms with Gasteiger partial charge in [0.05, 0.1) is 13.2 Å². The van der Waals surface area contributed by atoms with Crippen molar-refractivity contribution in [3.63, 3.8) is 0 Å². The van der Waals surface area contributed by atoms with Crippen LogP contribution in [-0.2, 0) is 43.2 Å². The summed E-state index contributed by atoms with van der Waals surface area (Å²) in [6.07, 6.45) is 2.25. The smallest absolute Gasteiger partial charge is 0.328 e. The first kappa shape index (κ1) is 30.5. The lowest BCUT2D eigenvalue weighted by Gasteiger charge is -2.26. The Labute approximate surface area is 246 Å². The molecule has 0 spiro atoms. The maximum Gasteiger partial charge on any atom is 0.328 e. The number of methoxy groups -OCH3 is 1. The molecule has 1 aliphatic heterocycles. The molecule has 4 rings (SSSR count). The summed E-state index contributed by atoms with van der Waals surface area (Å²) < 4.78 is 4.97. The number of hydrogen-bond donors (Lipinski definition) is 4. The first-order valence-corrected chi connectivity index (χ1v) is 14.3. The first-order valence-electron chi connectivity index (χ1n) is 14.3. The normalized spacial score (nSPS) is 16.5. The molecular weight excluding hydrogens is 532 g/mol. The maximum atomic E-state index is 13.8. The van der Waals surface area contributed by atoms with E-state index in [0.29, 0.717) is 6.42 Å². The molecule has 4 N–H and O–H groups in total. The highest BCUT2D eigenvalue weighted by Gasteiger charge is 2.32. The topological polar surface area (TPSA) is 126 Å². The van der Waals surface area contributed by atoms with Gasteiger partial charge >= 0.3 is 5.97 Å². The largest absolute Gasteiger partial charge is 0.467 e. The van der Waals surface area contributed by atoms with Crippen molar-refractivity contribution in [1.82, 2.24) is 21.3 Å². The van der Waals surface area contributed by atoms with E-state index >= 15 is 0 Å². The molecule has 1 heterocycles. The van der Waals surface area contributed by atoms with E-state index in [-0.39, 0.29) is 31.2 Å². The summed E-state index contributed by atoms with van der Waals surface area (Å²) in [6, 6.07) is 24.8. The molecule has 9 nitrogen and oxygen atoms in total. The molecule has 0 aromatic heterocycles. The third kappa shape index (κ3) is 9.01. The molecule has 4 atom stereocenters. The lowest BCUT2D eigenvalue weighted by atomic mass is 10.0. The monoisotopic (exact) mass is 570 g/mol. The third-order valence-corrected chi connectivity index (χ3v) is 7.29. The van der Waals surface area contributed by atoms with Gasteiger partial charge in [-0.25, -0.2) is 4.79 Å². The molecule has 3 aromatic rings. The van der Waals surface area contributed by atoms with Crippen LogP contribution in [0.25, 0.3) is 0 Å². The number of amides is 3. The number of carbonyl (C=O) groups is 4. The summed E-state index contributed by atoms with van der Waals surface area (Å²) in [5, 5.41) is 11.7. The fourth-order valence-electron chi connectivity index (χ4n) is 5.03. The number of hydrogen-bond acceptors (Lipinski definition) is 6. The highest BCUT2D eigenvalue weighted by molar-refractivity contribution is 5.94. The van der Waals surface area contributed by atoms with Crippen LogP contribution in [-0.4, -0.2) is 61.5 Å². The van der Waals surface area contributed by atoms with Crippen molar-refractivity contribution in [3.8, 4) is 0 Å². The molecule has 9 heteroatoms. The Morgan fingerprint density at radius 2 is 1.12 bits per heavy atom. The minimum absolute atomic E-state index is 0.188. The Hall–Kier alpha value is -4.50. The Morgan fingerprint density at radius 3 is 1.55 bits per heavy atom. The molecule has 42 heavy (non-hydrogen) atoms. The van der Waals surface area contributed by atoms with Gasteiger partial charge in [-0.1, -0.05) is 91.0 Å². The zero-order chi connectivity index (χ0) is 29.7. The lowest BCUT2D eigenvalue weighted by molar-refractivity contribution is -0.145. The highest BCUT2D eigenvalue weighted by atomic mass is 16.5. The van der Waals surface area contributed by atoms with Crippen molar-refractivity contribution in [2.75, 3.05) is 13.7 Å². The van der Waals surface area contributed by atoms with Crippen LogP contribution >= 0.6 is 0 Å². The van der Waals surface area contributed by atoms with Crippen LogP contribution in [0.4, 0.5) is 0 Å². The van der Waals surface area contributed by atoms with Crippen molar-refractivity contribution in [2.45, 2.75) is 56.3 Å². The molecule has 0 bridgehead atoms. The van der Waals surface area contributed by atoms with Gasteiger partial charge in [0.25, 0.3) is 0 Å². The van der Waals surface area contributed by atoms with E-state index in [2.05, 4.69) is 21.3 Å². The second-order valence-electron chi connectivity index (χ2n) is 10.4. The minimum atomic E-state index is -1.01. The summed E-state index contributed by atoms with van der Waals surface area (Å²) in [4.78, 5) is 53.1. The van der Waals surface area contributed by atoms with Crippen LogP contribution in [0.15, 0.2) is 91.0 Å². The average Bonchev–Trinajstić information content (AvgIpc) is 3.57. The van der Waals surface area contributed by atoms with E-state index in [1.54, 1.807) is 0 Å². The highest BCUT2D eigenvalue weighted by Crippen LogP contribution is 2.11. The van der Waals surface area contributed by atoms with E-state index in [1.807, 2.05) is 91.0 Å². The van der Waals surface area contributed by atoms with Gasteiger partial charge in [0, 0.05) is 19.3 Å². The van der Waals surface area contributed by atoms with Gasteiger partial charge in [-0.05, 0) is 36.1 Å². The quantitative estimate of drug-likeness (QED) is 0.233. The minimum Gasteiger partial charge on any atom is -0.467 e. The van der Waals surface area contributed by atoms with E-state index < -0.39 is 35.9 Å². The summed E-state index contributed by atoms with van der Waals surface area (Å²) in [6.45, 7) is 0.747. The third-order valence-electron chi connectivity index (χ3n) is 7.29. The van der Waals surface area contributed by atoms with E-state index in [1.165, 1.54) is 7.11 Å². The fraction of sp³-hybridized carbons (Fsp3) is 0.333. The Kier molecular flexibility index (Phi) is 11.2. The van der Waals surface area contributed by atoms with E-state index in [0.717, 1.165) is 29.7 Å². The zero-order valence-corrected chi connectivity index (χ0v) is 23.8. The summed E-state index contributed by atoms with van der Waals surface area (Å²) >= 11 is 0. The van der Waals surface area contributed by atoms with Crippen LogP contribution in [0.2, 0.25) is 0 Å². The van der Waals surface area contributed by atoms with Gasteiger partial charge in [0.1, 0.15) is 18.1 Å². The van der Waals surface area contributed by atoms with Crippen molar-refractivity contribution in [2.24, 2.45) is 0 Å². The SMILES string of the molecule is COC(=O)[C@H](Cc1ccccc1)NC(=O)[C@H](Cc1ccccc1)NC(=O)[C@H](Cc1ccccc1)NC(=O)[C@@H]1CCCN1. The number of rotatable bonds is 13. The van der Waals surface area contributed by atoms with Gasteiger partial charge in [0.15, 0.2) is 0 Å². The number of ether oxygens (including phenoxy) is 1. The lowest BCUT2D eigenvalue weighted by Crippen LogP contribution is -2.58.